The number of nitrogens with one attached hydrogen (secondary N) is 1. The van der Waals surface area contributed by atoms with Crippen LogP contribution in [0.2, 0.25) is 0 Å². The maximum Gasteiger partial charge on any atom is 0.344 e. The molecule has 1 aromatic carbocycles. The Bertz CT molecular complexity index is 767. The highest BCUT2D eigenvalue weighted by Gasteiger charge is 2.41. The van der Waals surface area contributed by atoms with E-state index in [4.69, 9.17) is 15.2 Å². The first-order valence-corrected chi connectivity index (χ1v) is 8.56. The fraction of sp³-hybridized carbons (Fsp3) is 0.462. The Morgan fingerprint density at radius 3 is 2.71 bits per heavy atom. The topological polar surface area (TPSA) is 164 Å². The SMILES string of the molecule is NC1=NS(=O)(=O)Nc2cccc(OCC[C@H]3O[C@@H](O)[C@H](O)[C@@H]3O)c21. The number of hydrogen-bond acceptors (Lipinski definition) is 8. The molecule has 0 unspecified atom stereocenters. The molecule has 2 heterocycles. The van der Waals surface area contributed by atoms with Gasteiger partial charge in [0.15, 0.2) is 12.1 Å². The van der Waals surface area contributed by atoms with Crippen LogP contribution in [-0.4, -0.2) is 60.8 Å². The summed E-state index contributed by atoms with van der Waals surface area (Å²) in [5, 5.41) is 28.5. The molecule has 0 radical (unpaired) electrons. The number of benzene rings is 1. The summed E-state index contributed by atoms with van der Waals surface area (Å²) in [5.74, 6) is 0.118. The monoisotopic (exact) mass is 359 g/mol. The van der Waals surface area contributed by atoms with Crippen LogP contribution in [0, 0.1) is 0 Å². The van der Waals surface area contributed by atoms with Crippen molar-refractivity contribution in [2.75, 3.05) is 11.3 Å². The first kappa shape index (κ1) is 16.9. The van der Waals surface area contributed by atoms with Gasteiger partial charge in [0.05, 0.1) is 24.0 Å². The lowest BCUT2D eigenvalue weighted by Gasteiger charge is -2.20. The van der Waals surface area contributed by atoms with Crippen LogP contribution in [0.15, 0.2) is 22.6 Å². The minimum absolute atomic E-state index is 0.0810. The zero-order valence-electron chi connectivity index (χ0n) is 12.4. The lowest BCUT2D eigenvalue weighted by molar-refractivity contribution is -0.128. The van der Waals surface area contributed by atoms with E-state index in [2.05, 4.69) is 9.12 Å². The highest BCUT2D eigenvalue weighted by Crippen LogP contribution is 2.31. The van der Waals surface area contributed by atoms with Crippen molar-refractivity contribution >= 4 is 21.7 Å². The number of aliphatic hydroxyl groups excluding tert-OH is 3. The van der Waals surface area contributed by atoms with Crippen molar-refractivity contribution in [2.24, 2.45) is 10.1 Å². The lowest BCUT2D eigenvalue weighted by Crippen LogP contribution is -2.33. The van der Waals surface area contributed by atoms with E-state index in [1.165, 1.54) is 6.07 Å². The number of nitrogens with zero attached hydrogens (tertiary/aromatic N) is 1. The van der Waals surface area contributed by atoms with Crippen LogP contribution in [0.25, 0.3) is 0 Å². The van der Waals surface area contributed by atoms with Gasteiger partial charge in [0.2, 0.25) is 0 Å². The van der Waals surface area contributed by atoms with E-state index in [-0.39, 0.29) is 24.6 Å². The van der Waals surface area contributed by atoms with E-state index in [0.29, 0.717) is 11.3 Å². The third kappa shape index (κ3) is 3.16. The molecule has 6 N–H and O–H groups in total. The molecule has 2 aliphatic rings. The van der Waals surface area contributed by atoms with Gasteiger partial charge in [0.25, 0.3) is 0 Å². The van der Waals surface area contributed by atoms with E-state index < -0.39 is 34.8 Å². The number of hydrogen-bond donors (Lipinski definition) is 5. The Labute approximate surface area is 137 Å². The fourth-order valence-electron chi connectivity index (χ4n) is 2.59. The second-order valence-electron chi connectivity index (χ2n) is 5.42. The standard InChI is InChI=1S/C13H17N3O7S/c14-12-9-6(15-24(20,21)16-12)2-1-3-7(9)22-5-4-8-10(17)11(18)13(19)23-8/h1-3,8,10-11,13,15,17-19H,4-5H2,(H2,14,16)/t8-,10-,11-,13-/m1/s1. The molecule has 1 aromatic rings. The predicted octanol–water partition coefficient (Wildman–Crippen LogP) is -1.73. The van der Waals surface area contributed by atoms with Gasteiger partial charge in [-0.15, -0.1) is 4.40 Å². The van der Waals surface area contributed by atoms with Crippen LogP contribution in [0.5, 0.6) is 5.75 Å². The summed E-state index contributed by atoms with van der Waals surface area (Å²) in [4.78, 5) is 0. The Morgan fingerprint density at radius 1 is 1.29 bits per heavy atom. The average Bonchev–Trinajstić information content (AvgIpc) is 2.73. The van der Waals surface area contributed by atoms with Gasteiger partial charge >= 0.3 is 10.2 Å². The van der Waals surface area contributed by atoms with E-state index in [1.54, 1.807) is 12.1 Å². The van der Waals surface area contributed by atoms with E-state index in [0.717, 1.165) is 0 Å². The van der Waals surface area contributed by atoms with Gasteiger partial charge in [-0.2, -0.15) is 8.42 Å². The summed E-state index contributed by atoms with van der Waals surface area (Å²) < 4.78 is 39.2. The van der Waals surface area contributed by atoms with Crippen LogP contribution in [0.4, 0.5) is 5.69 Å². The van der Waals surface area contributed by atoms with E-state index in [1.807, 2.05) is 0 Å². The molecule has 4 atom stereocenters. The van der Waals surface area contributed by atoms with Crippen molar-refractivity contribution in [1.82, 2.24) is 0 Å². The maximum atomic E-state index is 11.5. The summed E-state index contributed by atoms with van der Waals surface area (Å²) in [5.41, 5.74) is 6.27. The quantitative estimate of drug-likeness (QED) is 0.423. The van der Waals surface area contributed by atoms with Crippen molar-refractivity contribution < 1.29 is 33.2 Å². The number of rotatable bonds is 4. The van der Waals surface area contributed by atoms with E-state index in [9.17, 15) is 23.7 Å². The molecule has 24 heavy (non-hydrogen) atoms. The number of nitrogens with two attached hydrogens (primary N) is 1. The molecule has 2 aliphatic heterocycles. The third-order valence-corrected chi connectivity index (χ3v) is 4.65. The normalized spacial score (nSPS) is 31.0. The predicted molar refractivity (Wildman–Crippen MR) is 82.7 cm³/mol. The molecular formula is C13H17N3O7S. The average molecular weight is 359 g/mol. The highest BCUT2D eigenvalue weighted by atomic mass is 32.2. The molecule has 0 spiro atoms. The van der Waals surface area contributed by atoms with Crippen LogP contribution < -0.4 is 15.2 Å². The largest absolute Gasteiger partial charge is 0.493 e. The van der Waals surface area contributed by atoms with Gasteiger partial charge in [0, 0.05) is 6.42 Å². The molecule has 0 aromatic heterocycles. The zero-order valence-corrected chi connectivity index (χ0v) is 13.2. The van der Waals surface area contributed by atoms with Gasteiger partial charge in [0.1, 0.15) is 18.0 Å². The van der Waals surface area contributed by atoms with Crippen molar-refractivity contribution in [3.8, 4) is 5.75 Å². The van der Waals surface area contributed by atoms with Crippen LogP contribution in [0.1, 0.15) is 12.0 Å². The molecule has 11 heteroatoms. The maximum absolute atomic E-state index is 11.5. The number of aliphatic hydroxyl groups is 3. The number of ether oxygens (including phenoxy) is 2. The Balaban J connectivity index is 1.70. The van der Waals surface area contributed by atoms with E-state index >= 15 is 0 Å². The molecule has 132 valence electrons. The summed E-state index contributed by atoms with van der Waals surface area (Å²) >= 11 is 0. The number of anilines is 1. The van der Waals surface area contributed by atoms with Gasteiger partial charge in [-0.05, 0) is 12.1 Å². The third-order valence-electron chi connectivity index (χ3n) is 3.74. The molecule has 1 fully saturated rings. The Hall–Kier alpha value is -1.92. The molecular weight excluding hydrogens is 342 g/mol. The molecule has 0 aliphatic carbocycles. The van der Waals surface area contributed by atoms with Crippen molar-refractivity contribution in [1.29, 1.82) is 0 Å². The first-order chi connectivity index (χ1) is 11.3. The van der Waals surface area contributed by atoms with Crippen molar-refractivity contribution in [2.45, 2.75) is 31.0 Å². The van der Waals surface area contributed by atoms with Gasteiger partial charge in [-0.25, -0.2) is 0 Å². The second kappa shape index (κ2) is 6.18. The van der Waals surface area contributed by atoms with Crippen molar-refractivity contribution in [3.63, 3.8) is 0 Å². The van der Waals surface area contributed by atoms with Crippen LogP contribution in [-0.2, 0) is 14.9 Å². The minimum atomic E-state index is -3.87. The molecule has 0 saturated carbocycles. The second-order valence-corrected chi connectivity index (χ2v) is 6.75. The van der Waals surface area contributed by atoms with Gasteiger partial charge in [-0.1, -0.05) is 6.07 Å². The summed E-state index contributed by atoms with van der Waals surface area (Å²) in [6.45, 7) is 0.0810. The Morgan fingerprint density at radius 2 is 2.04 bits per heavy atom. The molecule has 1 saturated heterocycles. The molecule has 0 bridgehead atoms. The Kier molecular flexibility index (Phi) is 4.36. The van der Waals surface area contributed by atoms with Crippen molar-refractivity contribution in [3.05, 3.63) is 23.8 Å². The zero-order chi connectivity index (χ0) is 17.5. The molecule has 0 amide bonds. The number of fused-ring (bicyclic) bond motifs is 1. The summed E-state index contributed by atoms with van der Waals surface area (Å²) in [7, 11) is -3.87. The lowest BCUT2D eigenvalue weighted by atomic mass is 10.1. The smallest absolute Gasteiger partial charge is 0.344 e. The first-order valence-electron chi connectivity index (χ1n) is 7.12. The summed E-state index contributed by atoms with van der Waals surface area (Å²) in [6.07, 6.45) is -4.60. The minimum Gasteiger partial charge on any atom is -0.493 e. The van der Waals surface area contributed by atoms with Gasteiger partial charge < -0.3 is 30.5 Å². The van der Waals surface area contributed by atoms with Crippen LogP contribution in [0.3, 0.4) is 0 Å². The number of amidine groups is 1. The molecule has 10 nitrogen and oxygen atoms in total. The van der Waals surface area contributed by atoms with Crippen LogP contribution >= 0.6 is 0 Å². The summed E-state index contributed by atoms with van der Waals surface area (Å²) in [6, 6.07) is 4.71. The van der Waals surface area contributed by atoms with Gasteiger partial charge in [-0.3, -0.25) is 4.72 Å². The molecule has 3 rings (SSSR count). The fourth-order valence-corrected chi connectivity index (χ4v) is 3.43. The highest BCUT2D eigenvalue weighted by molar-refractivity contribution is 7.91.